The summed E-state index contributed by atoms with van der Waals surface area (Å²) in [5.41, 5.74) is 0.985. The Morgan fingerprint density at radius 3 is 2.62 bits per heavy atom. The first-order valence-corrected chi connectivity index (χ1v) is 7.96. The van der Waals surface area contributed by atoms with Crippen molar-refractivity contribution in [1.82, 2.24) is 9.55 Å². The second-order valence-corrected chi connectivity index (χ2v) is 7.08. The van der Waals surface area contributed by atoms with Crippen LogP contribution in [0.5, 0.6) is 0 Å². The van der Waals surface area contributed by atoms with Crippen LogP contribution in [0.1, 0.15) is 49.9 Å². The standard InChI is InChI=1S/C17H18FN3/c18-13-2-1-3-14-15(13)16(19)21-12-7-9-4-10(8-12)6-11(5-9)17(21)20-14/h1-3,9-12,19H,4-8H2. The summed E-state index contributed by atoms with van der Waals surface area (Å²) in [5.74, 6) is 2.76. The van der Waals surface area contributed by atoms with Gasteiger partial charge in [0.15, 0.2) is 0 Å². The Hall–Kier alpha value is -1.71. The molecule has 4 aliphatic rings. The van der Waals surface area contributed by atoms with Crippen molar-refractivity contribution in [3.05, 3.63) is 35.3 Å². The molecule has 2 fully saturated rings. The van der Waals surface area contributed by atoms with E-state index in [0.29, 0.717) is 28.4 Å². The van der Waals surface area contributed by atoms with Crippen molar-refractivity contribution < 1.29 is 4.39 Å². The zero-order valence-corrected chi connectivity index (χ0v) is 11.8. The highest BCUT2D eigenvalue weighted by atomic mass is 19.1. The second kappa shape index (κ2) is 3.93. The van der Waals surface area contributed by atoms with E-state index in [0.717, 1.165) is 30.5 Å². The highest BCUT2D eigenvalue weighted by Gasteiger charge is 2.43. The molecular weight excluding hydrogens is 265 g/mol. The lowest BCUT2D eigenvalue weighted by Crippen LogP contribution is -2.31. The van der Waals surface area contributed by atoms with Crippen LogP contribution in [0.4, 0.5) is 4.39 Å². The highest BCUT2D eigenvalue weighted by molar-refractivity contribution is 5.77. The van der Waals surface area contributed by atoms with Crippen LogP contribution in [0, 0.1) is 23.1 Å². The van der Waals surface area contributed by atoms with Crippen LogP contribution in [0.15, 0.2) is 18.2 Å². The zero-order valence-electron chi connectivity index (χ0n) is 11.8. The summed E-state index contributed by atoms with van der Waals surface area (Å²) in [4.78, 5) is 4.80. The molecule has 2 aromatic rings. The van der Waals surface area contributed by atoms with Crippen LogP contribution in [0.3, 0.4) is 0 Å². The molecule has 2 atom stereocenters. The zero-order chi connectivity index (χ0) is 14.1. The van der Waals surface area contributed by atoms with E-state index in [-0.39, 0.29) is 5.82 Å². The first-order valence-electron chi connectivity index (χ1n) is 7.96. The van der Waals surface area contributed by atoms with Crippen molar-refractivity contribution in [3.8, 4) is 0 Å². The summed E-state index contributed by atoms with van der Waals surface area (Å²) in [5, 5.41) is 8.96. The third kappa shape index (κ3) is 1.53. The summed E-state index contributed by atoms with van der Waals surface area (Å²) >= 11 is 0. The smallest absolute Gasteiger partial charge is 0.138 e. The van der Waals surface area contributed by atoms with Crippen LogP contribution in [-0.4, -0.2) is 9.55 Å². The molecule has 2 aliphatic heterocycles. The minimum Gasteiger partial charge on any atom is -0.311 e. The molecule has 4 bridgehead atoms. The Bertz CT molecular complexity index is 796. The van der Waals surface area contributed by atoms with Crippen molar-refractivity contribution in [2.75, 3.05) is 0 Å². The largest absolute Gasteiger partial charge is 0.311 e. The lowest BCUT2D eigenvalue weighted by Gasteiger charge is -2.37. The van der Waals surface area contributed by atoms with Crippen molar-refractivity contribution in [3.63, 3.8) is 0 Å². The number of fused-ring (bicyclic) bond motifs is 1. The number of halogens is 1. The number of benzene rings is 1. The molecule has 0 amide bonds. The maximum absolute atomic E-state index is 14.2. The van der Waals surface area contributed by atoms with E-state index in [9.17, 15) is 4.39 Å². The summed E-state index contributed by atoms with van der Waals surface area (Å²) in [6.07, 6.45) is 6.07. The molecule has 2 unspecified atom stereocenters. The minimum atomic E-state index is -0.316. The van der Waals surface area contributed by atoms with Crippen molar-refractivity contribution in [2.45, 2.75) is 44.1 Å². The number of hydrogen-bond acceptors (Lipinski definition) is 2. The van der Waals surface area contributed by atoms with Crippen LogP contribution in [-0.2, 0) is 0 Å². The van der Waals surface area contributed by atoms with Gasteiger partial charge in [-0.25, -0.2) is 9.37 Å². The average Bonchev–Trinajstić information content (AvgIpc) is 2.61. The van der Waals surface area contributed by atoms with Gasteiger partial charge in [0.2, 0.25) is 0 Å². The third-order valence-electron chi connectivity index (χ3n) is 5.79. The fraction of sp³-hybridized carbons (Fsp3) is 0.529. The van der Waals surface area contributed by atoms with Crippen molar-refractivity contribution >= 4 is 10.9 Å². The Morgan fingerprint density at radius 1 is 1.10 bits per heavy atom. The van der Waals surface area contributed by atoms with Gasteiger partial charge >= 0.3 is 0 Å². The van der Waals surface area contributed by atoms with Gasteiger partial charge < -0.3 is 4.57 Å². The number of aromatic nitrogens is 2. The second-order valence-electron chi connectivity index (χ2n) is 7.08. The quantitative estimate of drug-likeness (QED) is 0.790. The number of rotatable bonds is 0. The normalized spacial score (nSPS) is 33.2. The molecule has 1 aromatic heterocycles. The van der Waals surface area contributed by atoms with Gasteiger partial charge in [-0.1, -0.05) is 6.07 Å². The maximum Gasteiger partial charge on any atom is 0.138 e. The fourth-order valence-electron chi connectivity index (χ4n) is 5.15. The molecule has 2 aliphatic carbocycles. The Morgan fingerprint density at radius 2 is 1.86 bits per heavy atom. The van der Waals surface area contributed by atoms with E-state index < -0.39 is 0 Å². The molecule has 3 nitrogen and oxygen atoms in total. The van der Waals surface area contributed by atoms with E-state index in [1.807, 2.05) is 6.07 Å². The minimum absolute atomic E-state index is 0.316. The lowest BCUT2D eigenvalue weighted by molar-refractivity contribution is 0.150. The molecular formula is C17H18FN3. The molecule has 4 heteroatoms. The Kier molecular flexibility index (Phi) is 2.23. The maximum atomic E-state index is 14.2. The average molecular weight is 283 g/mol. The van der Waals surface area contributed by atoms with E-state index in [1.54, 1.807) is 6.07 Å². The number of nitrogens with zero attached hydrogens (tertiary/aromatic N) is 2. The molecule has 2 saturated carbocycles. The summed E-state index contributed by atoms with van der Waals surface area (Å²) < 4.78 is 16.3. The molecule has 6 rings (SSSR count). The van der Waals surface area contributed by atoms with Crippen molar-refractivity contribution in [1.29, 1.82) is 5.41 Å². The number of nitrogens with one attached hydrogen (secondary N) is 1. The Labute approximate surface area is 122 Å². The van der Waals surface area contributed by atoms with E-state index in [4.69, 9.17) is 10.4 Å². The van der Waals surface area contributed by atoms with Crippen molar-refractivity contribution in [2.24, 2.45) is 11.8 Å². The fourth-order valence-corrected chi connectivity index (χ4v) is 5.15. The third-order valence-corrected chi connectivity index (χ3v) is 5.79. The summed E-state index contributed by atoms with van der Waals surface area (Å²) in [6, 6.07) is 5.34. The van der Waals surface area contributed by atoms with Gasteiger partial charge in [0.05, 0.1) is 10.9 Å². The first kappa shape index (κ1) is 11.9. The van der Waals surface area contributed by atoms with Gasteiger partial charge in [-0.3, -0.25) is 5.41 Å². The predicted molar refractivity (Wildman–Crippen MR) is 77.4 cm³/mol. The highest BCUT2D eigenvalue weighted by Crippen LogP contribution is 2.52. The predicted octanol–water partition coefficient (Wildman–Crippen LogP) is 3.50. The van der Waals surface area contributed by atoms with Gasteiger partial charge in [0.1, 0.15) is 17.1 Å². The summed E-state index contributed by atoms with van der Waals surface area (Å²) in [7, 11) is 0. The molecule has 108 valence electrons. The lowest BCUT2D eigenvalue weighted by atomic mass is 9.68. The van der Waals surface area contributed by atoms with Crippen LogP contribution < -0.4 is 5.49 Å². The van der Waals surface area contributed by atoms with E-state index in [1.165, 1.54) is 25.3 Å². The molecule has 0 spiro atoms. The van der Waals surface area contributed by atoms with Crippen LogP contribution in [0.2, 0.25) is 0 Å². The monoisotopic (exact) mass is 283 g/mol. The van der Waals surface area contributed by atoms with E-state index in [2.05, 4.69) is 4.57 Å². The van der Waals surface area contributed by atoms with Gasteiger partial charge in [-0.05, 0) is 56.1 Å². The number of hydrogen-bond donors (Lipinski definition) is 1. The SMILES string of the molecule is N=c1c2c(F)cccc2nc2n1C1CC3CC(CC2C3)C1. The van der Waals surface area contributed by atoms with Gasteiger partial charge in [-0.15, -0.1) is 0 Å². The van der Waals surface area contributed by atoms with E-state index >= 15 is 0 Å². The molecule has 0 saturated heterocycles. The Balaban J connectivity index is 1.88. The molecule has 1 aromatic carbocycles. The summed E-state index contributed by atoms with van der Waals surface area (Å²) in [6.45, 7) is 0. The van der Waals surface area contributed by atoms with Gasteiger partial charge in [-0.2, -0.15) is 0 Å². The van der Waals surface area contributed by atoms with Gasteiger partial charge in [0.25, 0.3) is 0 Å². The van der Waals surface area contributed by atoms with Crippen LogP contribution >= 0.6 is 0 Å². The first-order chi connectivity index (χ1) is 10.2. The topological polar surface area (TPSA) is 41.7 Å². The van der Waals surface area contributed by atoms with Gasteiger partial charge in [0, 0.05) is 12.0 Å². The van der Waals surface area contributed by atoms with Crippen LogP contribution in [0.25, 0.3) is 10.9 Å². The molecule has 0 radical (unpaired) electrons. The molecule has 3 heterocycles. The molecule has 1 N–H and O–H groups in total. The molecule has 21 heavy (non-hydrogen) atoms.